The largest absolute Gasteiger partial charge is 0.497 e. The standard InChI is InChI=1S/C20H22N4O4S/c1-3-24(13-17(25)21-14-6-4-7-15(12-14)27-2)19(26)10-9-18-22-20(23-28-18)16-8-5-11-29-16/h4-8,11-12H,3,9-10,13H2,1-2H3,(H,21,25). The summed E-state index contributed by atoms with van der Waals surface area (Å²) in [7, 11) is 1.56. The summed E-state index contributed by atoms with van der Waals surface area (Å²) >= 11 is 1.52. The first-order chi connectivity index (χ1) is 14.1. The number of nitrogens with one attached hydrogen (secondary N) is 1. The van der Waals surface area contributed by atoms with Crippen molar-refractivity contribution in [3.63, 3.8) is 0 Å². The maximum absolute atomic E-state index is 12.5. The topological polar surface area (TPSA) is 97.6 Å². The van der Waals surface area contributed by atoms with Crippen molar-refractivity contribution in [2.75, 3.05) is 25.5 Å². The smallest absolute Gasteiger partial charge is 0.243 e. The molecular weight excluding hydrogens is 392 g/mol. The zero-order chi connectivity index (χ0) is 20.6. The Bertz CT molecular complexity index is 955. The van der Waals surface area contributed by atoms with Crippen LogP contribution < -0.4 is 10.1 Å². The Balaban J connectivity index is 1.51. The van der Waals surface area contributed by atoms with E-state index in [0.717, 1.165) is 4.88 Å². The van der Waals surface area contributed by atoms with Gasteiger partial charge in [0.2, 0.25) is 23.5 Å². The van der Waals surface area contributed by atoms with Gasteiger partial charge in [0.1, 0.15) is 5.75 Å². The van der Waals surface area contributed by atoms with Crippen molar-refractivity contribution in [3.8, 4) is 16.5 Å². The Hall–Kier alpha value is -3.20. The van der Waals surface area contributed by atoms with Crippen LogP contribution in [0.15, 0.2) is 46.3 Å². The van der Waals surface area contributed by atoms with Crippen LogP contribution in [-0.4, -0.2) is 47.1 Å². The van der Waals surface area contributed by atoms with Crippen LogP contribution in [0.4, 0.5) is 5.69 Å². The number of nitrogens with zero attached hydrogens (tertiary/aromatic N) is 3. The Morgan fingerprint density at radius 1 is 1.28 bits per heavy atom. The molecule has 1 N–H and O–H groups in total. The minimum atomic E-state index is -0.272. The molecule has 0 radical (unpaired) electrons. The lowest BCUT2D eigenvalue weighted by molar-refractivity contribution is -0.134. The van der Waals surface area contributed by atoms with Gasteiger partial charge in [-0.2, -0.15) is 4.98 Å². The van der Waals surface area contributed by atoms with Gasteiger partial charge >= 0.3 is 0 Å². The predicted molar refractivity (Wildman–Crippen MR) is 110 cm³/mol. The molecule has 29 heavy (non-hydrogen) atoms. The number of anilines is 1. The number of aryl methyl sites for hydroxylation is 1. The Morgan fingerprint density at radius 2 is 2.14 bits per heavy atom. The number of carbonyl (C=O) groups excluding carboxylic acids is 2. The third kappa shape index (κ3) is 5.64. The fraction of sp³-hybridized carbons (Fsp3) is 0.300. The number of hydrogen-bond acceptors (Lipinski definition) is 7. The number of methoxy groups -OCH3 is 1. The molecular formula is C20H22N4O4S. The maximum atomic E-state index is 12.5. The maximum Gasteiger partial charge on any atom is 0.243 e. The van der Waals surface area contributed by atoms with Crippen LogP contribution >= 0.6 is 11.3 Å². The van der Waals surface area contributed by atoms with Crippen LogP contribution in [0.25, 0.3) is 10.7 Å². The second-order valence-corrected chi connectivity index (χ2v) is 7.12. The third-order valence-corrected chi connectivity index (χ3v) is 5.05. The normalized spacial score (nSPS) is 10.6. The van der Waals surface area contributed by atoms with E-state index >= 15 is 0 Å². The first kappa shape index (κ1) is 20.5. The molecule has 0 saturated carbocycles. The lowest BCUT2D eigenvalue weighted by atomic mass is 10.2. The summed E-state index contributed by atoms with van der Waals surface area (Å²) in [5, 5.41) is 8.65. The van der Waals surface area contributed by atoms with Crippen molar-refractivity contribution in [2.45, 2.75) is 19.8 Å². The van der Waals surface area contributed by atoms with Gasteiger partial charge in [0.25, 0.3) is 0 Å². The first-order valence-corrected chi connectivity index (χ1v) is 10.0. The molecule has 0 bridgehead atoms. The summed E-state index contributed by atoms with van der Waals surface area (Å²) in [6.07, 6.45) is 0.511. The average Bonchev–Trinajstić information content (AvgIpc) is 3.42. The molecule has 0 spiro atoms. The number of benzene rings is 1. The highest BCUT2D eigenvalue weighted by molar-refractivity contribution is 7.13. The minimum Gasteiger partial charge on any atom is -0.497 e. The minimum absolute atomic E-state index is 0.0309. The fourth-order valence-corrected chi connectivity index (χ4v) is 3.33. The van der Waals surface area contributed by atoms with E-state index in [1.807, 2.05) is 24.4 Å². The van der Waals surface area contributed by atoms with Gasteiger partial charge in [-0.1, -0.05) is 17.3 Å². The molecule has 8 nitrogen and oxygen atoms in total. The molecule has 0 fully saturated rings. The van der Waals surface area contributed by atoms with E-state index < -0.39 is 0 Å². The highest BCUT2D eigenvalue weighted by atomic mass is 32.1. The van der Waals surface area contributed by atoms with Crippen LogP contribution in [0, 0.1) is 0 Å². The predicted octanol–water partition coefficient (Wildman–Crippen LogP) is 3.23. The molecule has 3 aromatic rings. The van der Waals surface area contributed by atoms with Crippen molar-refractivity contribution in [2.24, 2.45) is 0 Å². The van der Waals surface area contributed by atoms with E-state index in [9.17, 15) is 9.59 Å². The zero-order valence-electron chi connectivity index (χ0n) is 16.3. The van der Waals surface area contributed by atoms with E-state index in [4.69, 9.17) is 9.26 Å². The molecule has 9 heteroatoms. The lowest BCUT2D eigenvalue weighted by Gasteiger charge is -2.20. The van der Waals surface area contributed by atoms with Gasteiger partial charge in [0.05, 0.1) is 18.5 Å². The quantitative estimate of drug-likeness (QED) is 0.577. The summed E-state index contributed by atoms with van der Waals surface area (Å²) in [6, 6.07) is 10.9. The van der Waals surface area contributed by atoms with Gasteiger partial charge in [0.15, 0.2) is 0 Å². The number of likely N-dealkylation sites (N-methyl/N-ethyl adjacent to an activating group) is 1. The van der Waals surface area contributed by atoms with E-state index in [1.165, 1.54) is 16.2 Å². The van der Waals surface area contributed by atoms with Crippen LogP contribution in [0.1, 0.15) is 19.2 Å². The molecule has 2 heterocycles. The summed E-state index contributed by atoms with van der Waals surface area (Å²) in [5.74, 6) is 1.15. The van der Waals surface area contributed by atoms with Crippen molar-refractivity contribution in [1.29, 1.82) is 0 Å². The molecule has 0 saturated heterocycles. The Kier molecular flexibility index (Phi) is 6.96. The van der Waals surface area contributed by atoms with Gasteiger partial charge in [0, 0.05) is 31.1 Å². The molecule has 2 amide bonds. The summed E-state index contributed by atoms with van der Waals surface area (Å²) in [6.45, 7) is 2.23. The second-order valence-electron chi connectivity index (χ2n) is 6.18. The van der Waals surface area contributed by atoms with Crippen LogP contribution in [0.5, 0.6) is 5.75 Å². The number of thiophene rings is 1. The molecule has 3 rings (SSSR count). The SMILES string of the molecule is CCN(CC(=O)Nc1cccc(OC)c1)C(=O)CCc1nc(-c2cccs2)no1. The van der Waals surface area contributed by atoms with E-state index in [1.54, 1.807) is 31.4 Å². The monoisotopic (exact) mass is 414 g/mol. The Morgan fingerprint density at radius 3 is 2.86 bits per heavy atom. The zero-order valence-corrected chi connectivity index (χ0v) is 17.1. The van der Waals surface area contributed by atoms with E-state index in [0.29, 0.717) is 36.1 Å². The van der Waals surface area contributed by atoms with Gasteiger partial charge in [-0.3, -0.25) is 9.59 Å². The number of rotatable bonds is 9. The third-order valence-electron chi connectivity index (χ3n) is 4.18. The number of carbonyl (C=O) groups is 2. The summed E-state index contributed by atoms with van der Waals surface area (Å²) in [5.41, 5.74) is 0.616. The van der Waals surface area contributed by atoms with Crippen molar-refractivity contribution >= 4 is 28.8 Å². The van der Waals surface area contributed by atoms with Crippen molar-refractivity contribution in [1.82, 2.24) is 15.0 Å². The summed E-state index contributed by atoms with van der Waals surface area (Å²) in [4.78, 5) is 31.5. The Labute approximate surface area is 172 Å². The molecule has 2 aromatic heterocycles. The van der Waals surface area contributed by atoms with Crippen LogP contribution in [-0.2, 0) is 16.0 Å². The molecule has 1 aromatic carbocycles. The molecule has 0 aliphatic heterocycles. The second kappa shape index (κ2) is 9.83. The van der Waals surface area contributed by atoms with Gasteiger partial charge in [-0.05, 0) is 30.5 Å². The first-order valence-electron chi connectivity index (χ1n) is 9.17. The number of hydrogen-bond donors (Lipinski definition) is 1. The van der Waals surface area contributed by atoms with Crippen molar-refractivity contribution < 1.29 is 18.8 Å². The summed E-state index contributed by atoms with van der Waals surface area (Å²) < 4.78 is 10.4. The van der Waals surface area contributed by atoms with Crippen LogP contribution in [0.3, 0.4) is 0 Å². The van der Waals surface area contributed by atoms with Gasteiger partial charge < -0.3 is 19.5 Å². The number of ether oxygens (including phenoxy) is 1. The molecule has 152 valence electrons. The van der Waals surface area contributed by atoms with E-state index in [2.05, 4.69) is 15.5 Å². The van der Waals surface area contributed by atoms with Gasteiger partial charge in [-0.15, -0.1) is 11.3 Å². The number of amides is 2. The van der Waals surface area contributed by atoms with Crippen LogP contribution in [0.2, 0.25) is 0 Å². The lowest BCUT2D eigenvalue weighted by Crippen LogP contribution is -2.38. The highest BCUT2D eigenvalue weighted by Gasteiger charge is 2.18. The van der Waals surface area contributed by atoms with E-state index in [-0.39, 0.29) is 24.8 Å². The molecule has 0 aliphatic carbocycles. The average molecular weight is 414 g/mol. The molecule has 0 atom stereocenters. The molecule has 0 unspecified atom stereocenters. The van der Waals surface area contributed by atoms with Crippen molar-refractivity contribution in [3.05, 3.63) is 47.7 Å². The van der Waals surface area contributed by atoms with Gasteiger partial charge in [-0.25, -0.2) is 0 Å². The molecule has 0 aliphatic rings. The fourth-order valence-electron chi connectivity index (χ4n) is 2.69. The number of aromatic nitrogens is 2. The highest BCUT2D eigenvalue weighted by Crippen LogP contribution is 2.21.